The number of nitrogens with one attached hydrogen (secondary N) is 1. The van der Waals surface area contributed by atoms with Crippen LogP contribution in [-0.4, -0.2) is 22.6 Å². The summed E-state index contributed by atoms with van der Waals surface area (Å²) in [4.78, 5) is 16.9. The van der Waals surface area contributed by atoms with Crippen molar-refractivity contribution in [2.75, 3.05) is 6.61 Å². The van der Waals surface area contributed by atoms with Crippen LogP contribution in [0.25, 0.3) is 21.9 Å². The van der Waals surface area contributed by atoms with Gasteiger partial charge >= 0.3 is 6.18 Å². The Labute approximate surface area is 182 Å². The maximum absolute atomic E-state index is 12.9. The summed E-state index contributed by atoms with van der Waals surface area (Å²) in [5, 5.41) is 14.0. The van der Waals surface area contributed by atoms with Crippen molar-refractivity contribution in [1.82, 2.24) is 10.3 Å². The van der Waals surface area contributed by atoms with Gasteiger partial charge in [-0.2, -0.15) is 13.2 Å². The summed E-state index contributed by atoms with van der Waals surface area (Å²) in [6, 6.07) is 20.2. The Bertz CT molecular complexity index is 1240. The number of pyridine rings is 1. The van der Waals surface area contributed by atoms with Crippen LogP contribution in [0.15, 0.2) is 85.1 Å². The SMILES string of the molecule is O=C(N[C@@H](CO)c1ccccn1)c1ccc2c(-c3ccc(C(F)(F)F)cc3)cccc2c1. The summed E-state index contributed by atoms with van der Waals surface area (Å²) >= 11 is 0. The number of aliphatic hydroxyl groups excluding tert-OH is 1. The van der Waals surface area contributed by atoms with E-state index in [1.165, 1.54) is 12.1 Å². The van der Waals surface area contributed by atoms with Crippen LogP contribution in [0, 0.1) is 0 Å². The first-order valence-corrected chi connectivity index (χ1v) is 9.90. The highest BCUT2D eigenvalue weighted by Crippen LogP contribution is 2.33. The van der Waals surface area contributed by atoms with E-state index in [0.717, 1.165) is 28.5 Å². The number of rotatable bonds is 5. The molecular weight excluding hydrogens is 417 g/mol. The molecule has 4 aromatic rings. The fourth-order valence-corrected chi connectivity index (χ4v) is 3.55. The number of nitrogens with zero attached hydrogens (tertiary/aromatic N) is 1. The summed E-state index contributed by atoms with van der Waals surface area (Å²) in [6.45, 7) is -0.297. The molecule has 3 aromatic carbocycles. The van der Waals surface area contributed by atoms with Gasteiger partial charge < -0.3 is 10.4 Å². The van der Waals surface area contributed by atoms with Crippen molar-refractivity contribution in [3.05, 3.63) is 102 Å². The third kappa shape index (κ3) is 4.48. The second-order valence-corrected chi connectivity index (χ2v) is 7.28. The van der Waals surface area contributed by atoms with Gasteiger partial charge in [0, 0.05) is 11.8 Å². The van der Waals surface area contributed by atoms with Gasteiger partial charge in [-0.15, -0.1) is 0 Å². The summed E-state index contributed by atoms with van der Waals surface area (Å²) in [6.07, 6.45) is -2.80. The quantitative estimate of drug-likeness (QED) is 0.441. The number of aromatic nitrogens is 1. The molecule has 1 heterocycles. The lowest BCUT2D eigenvalue weighted by atomic mass is 9.96. The fourth-order valence-electron chi connectivity index (χ4n) is 3.55. The van der Waals surface area contributed by atoms with Gasteiger partial charge in [-0.3, -0.25) is 9.78 Å². The van der Waals surface area contributed by atoms with Crippen LogP contribution >= 0.6 is 0 Å². The first-order valence-electron chi connectivity index (χ1n) is 9.90. The number of amides is 1. The van der Waals surface area contributed by atoms with Crippen molar-refractivity contribution >= 4 is 16.7 Å². The first-order chi connectivity index (χ1) is 15.4. The maximum Gasteiger partial charge on any atom is 0.416 e. The molecule has 0 radical (unpaired) electrons. The van der Waals surface area contributed by atoms with Crippen molar-refractivity contribution in [2.24, 2.45) is 0 Å². The molecule has 0 saturated heterocycles. The number of hydrogen-bond donors (Lipinski definition) is 2. The predicted molar refractivity (Wildman–Crippen MR) is 116 cm³/mol. The molecule has 4 nitrogen and oxygen atoms in total. The van der Waals surface area contributed by atoms with Crippen LogP contribution in [0.1, 0.15) is 27.7 Å². The minimum Gasteiger partial charge on any atom is -0.394 e. The van der Waals surface area contributed by atoms with Crippen LogP contribution in [-0.2, 0) is 6.18 Å². The zero-order chi connectivity index (χ0) is 22.7. The van der Waals surface area contributed by atoms with Crippen LogP contribution in [0.3, 0.4) is 0 Å². The van der Waals surface area contributed by atoms with Gasteiger partial charge in [0.1, 0.15) is 0 Å². The average Bonchev–Trinajstić information content (AvgIpc) is 2.81. The second kappa shape index (κ2) is 8.80. The van der Waals surface area contributed by atoms with Crippen LogP contribution in [0.5, 0.6) is 0 Å². The molecule has 2 N–H and O–H groups in total. The van der Waals surface area contributed by atoms with E-state index in [4.69, 9.17) is 0 Å². The van der Waals surface area contributed by atoms with Gasteiger partial charge in [-0.1, -0.05) is 42.5 Å². The highest BCUT2D eigenvalue weighted by atomic mass is 19.4. The molecule has 0 unspecified atom stereocenters. The molecule has 0 saturated carbocycles. The van der Waals surface area contributed by atoms with Crippen molar-refractivity contribution in [1.29, 1.82) is 0 Å². The predicted octanol–water partition coefficient (Wildman–Crippen LogP) is 5.38. The number of carbonyl (C=O) groups is 1. The van der Waals surface area contributed by atoms with Gasteiger partial charge in [0.05, 0.1) is 23.9 Å². The van der Waals surface area contributed by atoms with Gasteiger partial charge in [-0.05, 0) is 58.3 Å². The number of hydrogen-bond acceptors (Lipinski definition) is 3. The zero-order valence-corrected chi connectivity index (χ0v) is 16.8. The molecule has 1 amide bonds. The third-order valence-electron chi connectivity index (χ3n) is 5.20. The topological polar surface area (TPSA) is 62.2 Å². The van der Waals surface area contributed by atoms with E-state index in [1.54, 1.807) is 48.7 Å². The van der Waals surface area contributed by atoms with Gasteiger partial charge in [0.2, 0.25) is 0 Å². The molecular formula is C25H19F3N2O2. The lowest BCUT2D eigenvalue weighted by Gasteiger charge is -2.16. The summed E-state index contributed by atoms with van der Waals surface area (Å²) in [7, 11) is 0. The molecule has 0 fully saturated rings. The molecule has 0 aliphatic heterocycles. The first kappa shape index (κ1) is 21.5. The lowest BCUT2D eigenvalue weighted by Crippen LogP contribution is -2.31. The number of benzene rings is 3. The number of aliphatic hydroxyl groups is 1. The highest BCUT2D eigenvalue weighted by Gasteiger charge is 2.30. The Hall–Kier alpha value is -3.71. The third-order valence-corrected chi connectivity index (χ3v) is 5.20. The minimum absolute atomic E-state index is 0.297. The Kier molecular flexibility index (Phi) is 5.92. The molecule has 7 heteroatoms. The largest absolute Gasteiger partial charge is 0.416 e. The van der Waals surface area contributed by atoms with Gasteiger partial charge in [-0.25, -0.2) is 0 Å². The lowest BCUT2D eigenvalue weighted by molar-refractivity contribution is -0.137. The number of fused-ring (bicyclic) bond motifs is 1. The number of carbonyl (C=O) groups excluding carboxylic acids is 1. The highest BCUT2D eigenvalue weighted by molar-refractivity contribution is 6.02. The Morgan fingerprint density at radius 2 is 1.75 bits per heavy atom. The smallest absolute Gasteiger partial charge is 0.394 e. The molecule has 4 rings (SSSR count). The number of halogens is 3. The van der Waals surface area contributed by atoms with E-state index in [0.29, 0.717) is 16.8 Å². The molecule has 1 atom stereocenters. The Morgan fingerprint density at radius 3 is 2.41 bits per heavy atom. The van der Waals surface area contributed by atoms with Crippen molar-refractivity contribution in [3.63, 3.8) is 0 Å². The summed E-state index contributed by atoms with van der Waals surface area (Å²) in [5.74, 6) is -0.364. The van der Waals surface area contributed by atoms with Gasteiger partial charge in [0.25, 0.3) is 5.91 Å². The second-order valence-electron chi connectivity index (χ2n) is 7.28. The molecule has 1 aromatic heterocycles. The van der Waals surface area contributed by atoms with Crippen molar-refractivity contribution in [2.45, 2.75) is 12.2 Å². The molecule has 0 aliphatic rings. The summed E-state index contributed by atoms with van der Waals surface area (Å²) < 4.78 is 38.6. The van der Waals surface area contributed by atoms with Crippen LogP contribution in [0.4, 0.5) is 13.2 Å². The van der Waals surface area contributed by atoms with E-state index in [-0.39, 0.29) is 12.5 Å². The van der Waals surface area contributed by atoms with E-state index < -0.39 is 17.8 Å². The Morgan fingerprint density at radius 1 is 0.969 bits per heavy atom. The normalized spacial score (nSPS) is 12.5. The van der Waals surface area contributed by atoms with Crippen molar-refractivity contribution < 1.29 is 23.1 Å². The van der Waals surface area contributed by atoms with E-state index in [2.05, 4.69) is 10.3 Å². The molecule has 0 spiro atoms. The van der Waals surface area contributed by atoms with Crippen LogP contribution < -0.4 is 5.32 Å². The van der Waals surface area contributed by atoms with E-state index in [1.807, 2.05) is 12.1 Å². The van der Waals surface area contributed by atoms with Crippen molar-refractivity contribution in [3.8, 4) is 11.1 Å². The minimum atomic E-state index is -4.39. The van der Waals surface area contributed by atoms with E-state index >= 15 is 0 Å². The summed E-state index contributed by atoms with van der Waals surface area (Å²) in [5.41, 5.74) is 1.66. The number of alkyl halides is 3. The Balaban J connectivity index is 1.62. The average molecular weight is 436 g/mol. The fraction of sp³-hybridized carbons (Fsp3) is 0.120. The maximum atomic E-state index is 12.9. The van der Waals surface area contributed by atoms with Gasteiger partial charge in [0.15, 0.2) is 0 Å². The zero-order valence-electron chi connectivity index (χ0n) is 16.8. The standard InChI is InChI=1S/C25H19F3N2O2/c26-25(27,28)19-10-7-16(8-11-19)20-5-3-4-17-14-18(9-12-21(17)20)24(32)30-23(15-31)22-6-1-2-13-29-22/h1-14,23,31H,15H2,(H,30,32)/t23-/m0/s1. The molecule has 0 bridgehead atoms. The monoisotopic (exact) mass is 436 g/mol. The molecule has 0 aliphatic carbocycles. The van der Waals surface area contributed by atoms with E-state index in [9.17, 15) is 23.1 Å². The molecule has 162 valence electrons. The molecule has 32 heavy (non-hydrogen) atoms. The van der Waals surface area contributed by atoms with Crippen LogP contribution in [0.2, 0.25) is 0 Å².